The monoisotopic (exact) mass is 309 g/mol. The summed E-state index contributed by atoms with van der Waals surface area (Å²) in [5, 5.41) is 12.3. The minimum Gasteiger partial charge on any atom is -0.478 e. The third kappa shape index (κ3) is 2.03. The second-order valence-corrected chi connectivity index (χ2v) is 5.13. The normalized spacial score (nSPS) is 16.3. The van der Waals surface area contributed by atoms with Crippen molar-refractivity contribution in [2.45, 2.75) is 0 Å². The molecule has 1 amide bonds. The fourth-order valence-electron chi connectivity index (χ4n) is 2.77. The van der Waals surface area contributed by atoms with Crippen LogP contribution >= 0.6 is 0 Å². The van der Waals surface area contributed by atoms with E-state index in [1.807, 2.05) is 18.2 Å². The van der Waals surface area contributed by atoms with E-state index >= 15 is 0 Å². The molecule has 114 valence electrons. The highest BCUT2D eigenvalue weighted by molar-refractivity contribution is 6.35. The predicted molar refractivity (Wildman–Crippen MR) is 82.5 cm³/mol. The Morgan fingerprint density at radius 2 is 2.00 bits per heavy atom. The standard InChI is InChI=1S/C17H11NO5/c19-16-11(10-3-1-2-4-12(10)18-16)7-9-5-6-13-15(23-8-22-13)14(9)17(20)21/h1-7H,8H2,(H,18,19)(H,20,21)/b11-7+. The Balaban J connectivity index is 1.90. The molecule has 2 aromatic rings. The second-order valence-electron chi connectivity index (χ2n) is 5.13. The van der Waals surface area contributed by atoms with Crippen LogP contribution in [-0.4, -0.2) is 23.8 Å². The van der Waals surface area contributed by atoms with Crippen molar-refractivity contribution < 1.29 is 24.2 Å². The summed E-state index contributed by atoms with van der Waals surface area (Å²) in [4.78, 5) is 23.8. The molecular weight excluding hydrogens is 298 g/mol. The van der Waals surface area contributed by atoms with Crippen LogP contribution < -0.4 is 14.8 Å². The van der Waals surface area contributed by atoms with Crippen molar-refractivity contribution in [2.24, 2.45) is 0 Å². The fourth-order valence-corrected chi connectivity index (χ4v) is 2.77. The number of rotatable bonds is 2. The van der Waals surface area contributed by atoms with Crippen LogP contribution in [0.15, 0.2) is 36.4 Å². The Morgan fingerprint density at radius 1 is 1.17 bits per heavy atom. The molecule has 2 aliphatic heterocycles. The number of benzene rings is 2. The van der Waals surface area contributed by atoms with Crippen molar-refractivity contribution in [3.05, 3.63) is 53.1 Å². The number of ether oxygens (including phenoxy) is 2. The summed E-state index contributed by atoms with van der Waals surface area (Å²) < 4.78 is 10.5. The number of aromatic carboxylic acids is 1. The Kier molecular flexibility index (Phi) is 2.84. The van der Waals surface area contributed by atoms with Crippen LogP contribution in [0, 0.1) is 0 Å². The number of hydrogen-bond acceptors (Lipinski definition) is 4. The number of carboxylic acids is 1. The molecule has 6 nitrogen and oxygen atoms in total. The zero-order chi connectivity index (χ0) is 16.0. The van der Waals surface area contributed by atoms with Gasteiger partial charge in [0.15, 0.2) is 11.5 Å². The highest BCUT2D eigenvalue weighted by atomic mass is 16.7. The maximum absolute atomic E-state index is 12.2. The third-order valence-electron chi connectivity index (χ3n) is 3.80. The second kappa shape index (κ2) is 4.88. The maximum atomic E-state index is 12.2. The SMILES string of the molecule is O=C1Nc2ccccc2/C1=C\c1ccc2c(c1C(=O)O)OCO2. The number of amides is 1. The molecule has 0 saturated heterocycles. The molecule has 2 aromatic carbocycles. The van der Waals surface area contributed by atoms with Crippen LogP contribution in [0.1, 0.15) is 21.5 Å². The van der Waals surface area contributed by atoms with E-state index < -0.39 is 5.97 Å². The molecule has 0 saturated carbocycles. The van der Waals surface area contributed by atoms with E-state index in [4.69, 9.17) is 9.47 Å². The highest BCUT2D eigenvalue weighted by Crippen LogP contribution is 2.40. The molecule has 4 rings (SSSR count). The first-order valence-electron chi connectivity index (χ1n) is 6.93. The summed E-state index contributed by atoms with van der Waals surface area (Å²) in [6.45, 7) is -0.0149. The number of carboxylic acid groups (broad SMARTS) is 1. The number of anilines is 1. The Bertz CT molecular complexity index is 885. The van der Waals surface area contributed by atoms with Crippen molar-refractivity contribution >= 4 is 29.2 Å². The average molecular weight is 309 g/mol. The summed E-state index contributed by atoms with van der Waals surface area (Å²) in [6, 6.07) is 10.5. The van der Waals surface area contributed by atoms with Gasteiger partial charge in [0.1, 0.15) is 5.56 Å². The van der Waals surface area contributed by atoms with E-state index in [1.54, 1.807) is 24.3 Å². The van der Waals surface area contributed by atoms with Crippen LogP contribution in [0.5, 0.6) is 11.5 Å². The summed E-state index contributed by atoms with van der Waals surface area (Å²) >= 11 is 0. The van der Waals surface area contributed by atoms with Crippen LogP contribution in [-0.2, 0) is 4.79 Å². The van der Waals surface area contributed by atoms with E-state index in [0.29, 0.717) is 22.6 Å². The van der Waals surface area contributed by atoms with Gasteiger partial charge in [0.05, 0.1) is 0 Å². The number of hydrogen-bond donors (Lipinski definition) is 2. The van der Waals surface area contributed by atoms with Gasteiger partial charge in [-0.05, 0) is 23.8 Å². The first-order valence-corrected chi connectivity index (χ1v) is 6.93. The highest BCUT2D eigenvalue weighted by Gasteiger charge is 2.28. The molecule has 0 fully saturated rings. The molecule has 0 atom stereocenters. The van der Waals surface area contributed by atoms with E-state index in [-0.39, 0.29) is 24.0 Å². The van der Waals surface area contributed by atoms with Gasteiger partial charge >= 0.3 is 5.97 Å². The molecular formula is C17H11NO5. The quantitative estimate of drug-likeness (QED) is 0.833. The molecule has 23 heavy (non-hydrogen) atoms. The number of carbonyl (C=O) groups excluding carboxylic acids is 1. The topological polar surface area (TPSA) is 84.9 Å². The average Bonchev–Trinajstić information content (AvgIpc) is 3.11. The molecule has 0 radical (unpaired) electrons. The number of fused-ring (bicyclic) bond motifs is 2. The van der Waals surface area contributed by atoms with Crippen LogP contribution in [0.2, 0.25) is 0 Å². The minimum atomic E-state index is -1.13. The summed E-state index contributed by atoms with van der Waals surface area (Å²) in [6.07, 6.45) is 1.56. The van der Waals surface area contributed by atoms with Gasteiger partial charge < -0.3 is 19.9 Å². The minimum absolute atomic E-state index is 0.00955. The zero-order valence-corrected chi connectivity index (χ0v) is 11.8. The van der Waals surface area contributed by atoms with Crippen LogP contribution in [0.4, 0.5) is 5.69 Å². The van der Waals surface area contributed by atoms with E-state index in [0.717, 1.165) is 5.56 Å². The van der Waals surface area contributed by atoms with Gasteiger partial charge in [0.25, 0.3) is 5.91 Å². The zero-order valence-electron chi connectivity index (χ0n) is 11.8. The molecule has 0 bridgehead atoms. The molecule has 2 heterocycles. The lowest BCUT2D eigenvalue weighted by Crippen LogP contribution is -2.05. The van der Waals surface area contributed by atoms with Crippen molar-refractivity contribution in [1.82, 2.24) is 0 Å². The van der Waals surface area contributed by atoms with Gasteiger partial charge in [0, 0.05) is 16.8 Å². The molecule has 2 N–H and O–H groups in total. The fraction of sp³-hybridized carbons (Fsp3) is 0.0588. The van der Waals surface area contributed by atoms with E-state index in [2.05, 4.69) is 5.32 Å². The smallest absolute Gasteiger partial charge is 0.340 e. The Hall–Kier alpha value is -3.28. The predicted octanol–water partition coefficient (Wildman–Crippen LogP) is 2.61. The Labute approximate surface area is 131 Å². The molecule has 0 aliphatic carbocycles. The molecule has 0 spiro atoms. The van der Waals surface area contributed by atoms with Gasteiger partial charge in [-0.2, -0.15) is 0 Å². The lowest BCUT2D eigenvalue weighted by molar-refractivity contribution is -0.110. The third-order valence-corrected chi connectivity index (χ3v) is 3.80. The summed E-state index contributed by atoms with van der Waals surface area (Å²) in [5.74, 6) is -0.814. The first-order chi connectivity index (χ1) is 11.1. The van der Waals surface area contributed by atoms with Crippen molar-refractivity contribution in [1.29, 1.82) is 0 Å². The number of nitrogens with one attached hydrogen (secondary N) is 1. The number of carbonyl (C=O) groups is 2. The van der Waals surface area contributed by atoms with E-state index in [9.17, 15) is 14.7 Å². The largest absolute Gasteiger partial charge is 0.478 e. The van der Waals surface area contributed by atoms with Gasteiger partial charge in [-0.25, -0.2) is 4.79 Å². The summed E-state index contributed by atoms with van der Waals surface area (Å²) in [7, 11) is 0. The van der Waals surface area contributed by atoms with Crippen LogP contribution in [0.3, 0.4) is 0 Å². The molecule has 0 unspecified atom stereocenters. The van der Waals surface area contributed by atoms with Gasteiger partial charge in [-0.15, -0.1) is 0 Å². The van der Waals surface area contributed by atoms with Crippen LogP contribution in [0.25, 0.3) is 11.6 Å². The van der Waals surface area contributed by atoms with Gasteiger partial charge in [0.2, 0.25) is 6.79 Å². The van der Waals surface area contributed by atoms with Crippen molar-refractivity contribution in [3.8, 4) is 11.5 Å². The van der Waals surface area contributed by atoms with E-state index in [1.165, 1.54) is 0 Å². The Morgan fingerprint density at radius 3 is 2.83 bits per heavy atom. The van der Waals surface area contributed by atoms with Gasteiger partial charge in [-0.3, -0.25) is 4.79 Å². The van der Waals surface area contributed by atoms with Crippen molar-refractivity contribution in [3.63, 3.8) is 0 Å². The number of para-hydroxylation sites is 1. The van der Waals surface area contributed by atoms with Crippen molar-refractivity contribution in [2.75, 3.05) is 12.1 Å². The molecule has 6 heteroatoms. The maximum Gasteiger partial charge on any atom is 0.340 e. The molecule has 2 aliphatic rings. The lowest BCUT2D eigenvalue weighted by atomic mass is 10.00. The summed E-state index contributed by atoms with van der Waals surface area (Å²) in [5.41, 5.74) is 2.25. The lowest BCUT2D eigenvalue weighted by Gasteiger charge is -2.06. The first kappa shape index (κ1) is 13.4. The van der Waals surface area contributed by atoms with Gasteiger partial charge in [-0.1, -0.05) is 24.3 Å². The molecule has 0 aromatic heterocycles.